The van der Waals surface area contributed by atoms with Gasteiger partial charge in [-0.2, -0.15) is 0 Å². The zero-order valence-corrected chi connectivity index (χ0v) is 17.3. The van der Waals surface area contributed by atoms with Crippen LogP contribution >= 0.6 is 0 Å². The van der Waals surface area contributed by atoms with Crippen molar-refractivity contribution in [3.05, 3.63) is 65.2 Å². The molecule has 0 aliphatic rings. The molecule has 0 aliphatic carbocycles. The average Bonchev–Trinajstić information content (AvgIpc) is 2.70. The molecule has 5 heteroatoms. The van der Waals surface area contributed by atoms with Crippen molar-refractivity contribution in [3.63, 3.8) is 0 Å². The van der Waals surface area contributed by atoms with Crippen molar-refractivity contribution >= 4 is 11.8 Å². The average molecular weight is 383 g/mol. The Bertz CT molecular complexity index is 800. The fourth-order valence-electron chi connectivity index (χ4n) is 3.10. The molecule has 0 radical (unpaired) electrons. The van der Waals surface area contributed by atoms with E-state index in [2.05, 4.69) is 10.6 Å². The van der Waals surface area contributed by atoms with Crippen LogP contribution < -0.4 is 15.4 Å². The van der Waals surface area contributed by atoms with E-state index in [0.717, 1.165) is 23.3 Å². The number of benzene rings is 2. The van der Waals surface area contributed by atoms with Crippen LogP contribution in [-0.2, 0) is 4.79 Å². The van der Waals surface area contributed by atoms with E-state index >= 15 is 0 Å². The highest BCUT2D eigenvalue weighted by molar-refractivity contribution is 5.98. The highest BCUT2D eigenvalue weighted by atomic mass is 16.5. The number of rotatable bonds is 8. The number of carbonyl (C=O) groups excluding carboxylic acids is 2. The maximum Gasteiger partial charge on any atom is 0.252 e. The van der Waals surface area contributed by atoms with Crippen molar-refractivity contribution < 1.29 is 14.3 Å². The van der Waals surface area contributed by atoms with Gasteiger partial charge < -0.3 is 15.4 Å². The summed E-state index contributed by atoms with van der Waals surface area (Å²) in [5.74, 6) is 0.320. The van der Waals surface area contributed by atoms with E-state index in [1.54, 1.807) is 13.2 Å². The van der Waals surface area contributed by atoms with Gasteiger partial charge in [0.15, 0.2) is 0 Å². The molecule has 0 aliphatic heterocycles. The molecule has 0 spiro atoms. The Morgan fingerprint density at radius 1 is 1.00 bits per heavy atom. The summed E-state index contributed by atoms with van der Waals surface area (Å²) in [6.07, 6.45) is 0.745. The van der Waals surface area contributed by atoms with Crippen LogP contribution in [0.3, 0.4) is 0 Å². The van der Waals surface area contributed by atoms with Gasteiger partial charge in [0.05, 0.1) is 13.2 Å². The molecule has 2 aromatic carbocycles. The number of ether oxygens (including phenoxy) is 1. The van der Waals surface area contributed by atoms with Gasteiger partial charge in [0.2, 0.25) is 5.91 Å². The Morgan fingerprint density at radius 3 is 2.18 bits per heavy atom. The lowest BCUT2D eigenvalue weighted by Crippen LogP contribution is -2.50. The highest BCUT2D eigenvalue weighted by Gasteiger charge is 2.27. The first-order chi connectivity index (χ1) is 13.4. The summed E-state index contributed by atoms with van der Waals surface area (Å²) in [4.78, 5) is 25.6. The molecule has 2 N–H and O–H groups in total. The van der Waals surface area contributed by atoms with Gasteiger partial charge in [0, 0.05) is 5.56 Å². The summed E-state index contributed by atoms with van der Waals surface area (Å²) < 4.78 is 5.19. The lowest BCUT2D eigenvalue weighted by atomic mass is 9.99. The smallest absolute Gasteiger partial charge is 0.252 e. The van der Waals surface area contributed by atoms with Gasteiger partial charge >= 0.3 is 0 Å². The standard InChI is InChI=1S/C23H30N2O3/c1-6-20(17-11-13-18(28-5)14-12-17)24-23(27)21(15(2)3)25-22(26)19-10-8-7-9-16(19)4/h7-15,20-21H,6H2,1-5H3,(H,24,27)(H,25,26). The lowest BCUT2D eigenvalue weighted by Gasteiger charge is -2.25. The minimum Gasteiger partial charge on any atom is -0.497 e. The summed E-state index contributed by atoms with van der Waals surface area (Å²) >= 11 is 0. The molecule has 2 aromatic rings. The number of carbonyl (C=O) groups is 2. The van der Waals surface area contributed by atoms with Crippen LogP contribution in [0.4, 0.5) is 0 Å². The first-order valence-corrected chi connectivity index (χ1v) is 9.68. The third-order valence-corrected chi connectivity index (χ3v) is 4.87. The van der Waals surface area contributed by atoms with Crippen molar-refractivity contribution in [2.75, 3.05) is 7.11 Å². The molecular weight excluding hydrogens is 352 g/mol. The minimum atomic E-state index is -0.612. The summed E-state index contributed by atoms with van der Waals surface area (Å²) in [6, 6.07) is 14.3. The molecule has 0 heterocycles. The maximum atomic E-state index is 13.0. The second-order valence-corrected chi connectivity index (χ2v) is 7.25. The molecular formula is C23H30N2O3. The number of hydrogen-bond acceptors (Lipinski definition) is 3. The van der Waals surface area contributed by atoms with Gasteiger partial charge in [-0.25, -0.2) is 0 Å². The van der Waals surface area contributed by atoms with Crippen LogP contribution in [0.2, 0.25) is 0 Å². The predicted molar refractivity (Wildman–Crippen MR) is 111 cm³/mol. The molecule has 0 bridgehead atoms. The van der Waals surface area contributed by atoms with Crippen molar-refractivity contribution in [1.29, 1.82) is 0 Å². The molecule has 0 aromatic heterocycles. The van der Waals surface area contributed by atoms with E-state index in [-0.39, 0.29) is 23.8 Å². The number of nitrogens with one attached hydrogen (secondary N) is 2. The Balaban J connectivity index is 2.12. The second-order valence-electron chi connectivity index (χ2n) is 7.25. The molecule has 0 fully saturated rings. The van der Waals surface area contributed by atoms with E-state index in [1.165, 1.54) is 0 Å². The first kappa shape index (κ1) is 21.5. The topological polar surface area (TPSA) is 67.4 Å². The van der Waals surface area contributed by atoms with Crippen molar-refractivity contribution in [1.82, 2.24) is 10.6 Å². The monoisotopic (exact) mass is 382 g/mol. The van der Waals surface area contributed by atoms with Crippen LogP contribution in [0.15, 0.2) is 48.5 Å². The summed E-state index contributed by atoms with van der Waals surface area (Å²) in [5, 5.41) is 5.98. The zero-order valence-electron chi connectivity index (χ0n) is 17.3. The van der Waals surface area contributed by atoms with E-state index in [4.69, 9.17) is 4.74 Å². The van der Waals surface area contributed by atoms with Crippen molar-refractivity contribution in [2.24, 2.45) is 5.92 Å². The van der Waals surface area contributed by atoms with Crippen LogP contribution in [0.1, 0.15) is 54.7 Å². The Kier molecular flexibility index (Phi) is 7.61. The molecule has 2 atom stereocenters. The molecule has 28 heavy (non-hydrogen) atoms. The van der Waals surface area contributed by atoms with Crippen LogP contribution in [0.25, 0.3) is 0 Å². The fraction of sp³-hybridized carbons (Fsp3) is 0.391. The fourth-order valence-corrected chi connectivity index (χ4v) is 3.10. The number of aryl methyl sites for hydroxylation is 1. The number of methoxy groups -OCH3 is 1. The third kappa shape index (κ3) is 5.35. The largest absolute Gasteiger partial charge is 0.497 e. The van der Waals surface area contributed by atoms with Crippen LogP contribution in [0, 0.1) is 12.8 Å². The summed E-state index contributed by atoms with van der Waals surface area (Å²) in [7, 11) is 1.62. The van der Waals surface area contributed by atoms with Gasteiger partial charge in [-0.1, -0.05) is 51.1 Å². The quantitative estimate of drug-likeness (QED) is 0.724. The number of amides is 2. The zero-order chi connectivity index (χ0) is 20.7. The SMILES string of the molecule is CCC(NC(=O)C(NC(=O)c1ccccc1C)C(C)C)c1ccc(OC)cc1. The second kappa shape index (κ2) is 9.93. The van der Waals surface area contributed by atoms with Gasteiger partial charge in [0.25, 0.3) is 5.91 Å². The number of hydrogen-bond donors (Lipinski definition) is 2. The van der Waals surface area contributed by atoms with Gasteiger partial charge in [0.1, 0.15) is 11.8 Å². The van der Waals surface area contributed by atoms with Gasteiger partial charge in [-0.15, -0.1) is 0 Å². The van der Waals surface area contributed by atoms with E-state index in [0.29, 0.717) is 5.56 Å². The summed E-state index contributed by atoms with van der Waals surface area (Å²) in [6.45, 7) is 7.76. The minimum absolute atomic E-state index is 0.0404. The Morgan fingerprint density at radius 2 is 1.64 bits per heavy atom. The van der Waals surface area contributed by atoms with Crippen LogP contribution in [0.5, 0.6) is 5.75 Å². The normalized spacial score (nSPS) is 12.9. The molecule has 0 saturated carbocycles. The van der Waals surface area contributed by atoms with Crippen molar-refractivity contribution in [3.8, 4) is 5.75 Å². The summed E-state index contributed by atoms with van der Waals surface area (Å²) in [5.41, 5.74) is 2.47. The molecule has 5 nitrogen and oxygen atoms in total. The molecule has 2 rings (SSSR count). The van der Waals surface area contributed by atoms with E-state index < -0.39 is 6.04 Å². The van der Waals surface area contributed by atoms with Crippen molar-refractivity contribution in [2.45, 2.75) is 46.2 Å². The molecule has 0 saturated heterocycles. The molecule has 150 valence electrons. The Hall–Kier alpha value is -2.82. The highest BCUT2D eigenvalue weighted by Crippen LogP contribution is 2.21. The first-order valence-electron chi connectivity index (χ1n) is 9.68. The van der Waals surface area contributed by atoms with Gasteiger partial charge in [-0.3, -0.25) is 9.59 Å². The maximum absolute atomic E-state index is 13.0. The van der Waals surface area contributed by atoms with E-state index in [1.807, 2.05) is 70.2 Å². The Labute approximate surface area is 167 Å². The third-order valence-electron chi connectivity index (χ3n) is 4.87. The van der Waals surface area contributed by atoms with Gasteiger partial charge in [-0.05, 0) is 48.6 Å². The molecule has 2 unspecified atom stereocenters. The van der Waals surface area contributed by atoms with Crippen LogP contribution in [-0.4, -0.2) is 25.0 Å². The van der Waals surface area contributed by atoms with E-state index in [9.17, 15) is 9.59 Å². The molecule has 2 amide bonds. The predicted octanol–water partition coefficient (Wildman–Crippen LogP) is 4.03. The lowest BCUT2D eigenvalue weighted by molar-refractivity contribution is -0.124.